The molecular weight excluding hydrogens is 311 g/mol. The number of carbonyl (C=O) groups is 1. The van der Waals surface area contributed by atoms with E-state index in [-0.39, 0.29) is 12.5 Å². The number of hydrogen-bond acceptors (Lipinski definition) is 3. The lowest BCUT2D eigenvalue weighted by molar-refractivity contribution is -0.137. The molecule has 122 valence electrons. The van der Waals surface area contributed by atoms with Crippen molar-refractivity contribution in [1.29, 1.82) is 0 Å². The number of furan rings is 1. The van der Waals surface area contributed by atoms with Crippen LogP contribution in [0.1, 0.15) is 27.6 Å². The van der Waals surface area contributed by atoms with Crippen molar-refractivity contribution in [3.05, 3.63) is 59.5 Å². The van der Waals surface area contributed by atoms with Gasteiger partial charge in [0.1, 0.15) is 12.4 Å². The minimum atomic E-state index is -4.37. The van der Waals surface area contributed by atoms with Gasteiger partial charge in [0.2, 0.25) is 0 Å². The molecule has 0 spiro atoms. The lowest BCUT2D eigenvalue weighted by Crippen LogP contribution is -2.42. The topological polar surface area (TPSA) is 42.7 Å². The summed E-state index contributed by atoms with van der Waals surface area (Å²) < 4.78 is 48.3. The first kappa shape index (κ1) is 15.6. The molecule has 23 heavy (non-hydrogen) atoms. The first-order valence-corrected chi connectivity index (χ1v) is 7.05. The Bertz CT molecular complexity index is 665. The van der Waals surface area contributed by atoms with E-state index in [1.165, 1.54) is 24.7 Å². The number of benzene rings is 1. The minimum absolute atomic E-state index is 0.182. The zero-order valence-electron chi connectivity index (χ0n) is 12.0. The molecular formula is C16H14F3NO3. The van der Waals surface area contributed by atoms with Crippen LogP contribution in [0, 0.1) is 0 Å². The third-order valence-electron chi connectivity index (χ3n) is 3.73. The fraction of sp³-hybridized carbons (Fsp3) is 0.312. The summed E-state index contributed by atoms with van der Waals surface area (Å²) in [6, 6.07) is 6.40. The van der Waals surface area contributed by atoms with Crippen molar-refractivity contribution in [3.8, 4) is 0 Å². The van der Waals surface area contributed by atoms with Gasteiger partial charge in [-0.3, -0.25) is 4.79 Å². The van der Waals surface area contributed by atoms with Crippen LogP contribution in [0.25, 0.3) is 0 Å². The number of ether oxygens (including phenoxy) is 1. The van der Waals surface area contributed by atoms with Gasteiger partial charge in [0.05, 0.1) is 30.5 Å². The zero-order valence-corrected chi connectivity index (χ0v) is 12.0. The average Bonchev–Trinajstić information content (AvgIpc) is 3.08. The second-order valence-electron chi connectivity index (χ2n) is 5.24. The average molecular weight is 325 g/mol. The van der Waals surface area contributed by atoms with Crippen LogP contribution in [0.15, 0.2) is 47.3 Å². The summed E-state index contributed by atoms with van der Waals surface area (Å²) in [5.41, 5.74) is 0.351. The summed E-state index contributed by atoms with van der Waals surface area (Å²) in [7, 11) is 0. The molecule has 7 heteroatoms. The molecule has 1 saturated heterocycles. The SMILES string of the molecule is O=C(c1ccoc1)N1CCOC(c2ccc(C(F)(F)F)cc2)C1. The Labute approximate surface area is 130 Å². The molecule has 0 bridgehead atoms. The smallest absolute Gasteiger partial charge is 0.416 e. The van der Waals surface area contributed by atoms with Crippen molar-refractivity contribution >= 4 is 5.91 Å². The first-order chi connectivity index (χ1) is 10.9. The van der Waals surface area contributed by atoms with Crippen LogP contribution in [0.4, 0.5) is 13.2 Å². The highest BCUT2D eigenvalue weighted by molar-refractivity contribution is 5.93. The van der Waals surface area contributed by atoms with Gasteiger partial charge < -0.3 is 14.1 Å². The Hall–Kier alpha value is -2.28. The van der Waals surface area contributed by atoms with Gasteiger partial charge in [-0.15, -0.1) is 0 Å². The molecule has 2 heterocycles. The standard InChI is InChI=1S/C16H14F3NO3/c17-16(18,19)13-3-1-11(2-4-13)14-9-20(6-8-23-14)15(21)12-5-7-22-10-12/h1-5,7,10,14H,6,8-9H2. The number of hydrogen-bond donors (Lipinski definition) is 0. The van der Waals surface area contributed by atoms with Gasteiger partial charge in [-0.1, -0.05) is 12.1 Å². The summed E-state index contributed by atoms with van der Waals surface area (Å²) in [6.07, 6.45) is -2.02. The maximum Gasteiger partial charge on any atom is 0.416 e. The van der Waals surface area contributed by atoms with Crippen molar-refractivity contribution in [2.24, 2.45) is 0 Å². The summed E-state index contributed by atoms with van der Waals surface area (Å²) in [4.78, 5) is 13.9. The molecule has 2 aromatic rings. The van der Waals surface area contributed by atoms with Crippen LogP contribution in [0.5, 0.6) is 0 Å². The third-order valence-corrected chi connectivity index (χ3v) is 3.73. The van der Waals surface area contributed by atoms with E-state index in [1.54, 1.807) is 11.0 Å². The van der Waals surface area contributed by atoms with Crippen LogP contribution < -0.4 is 0 Å². The third kappa shape index (κ3) is 3.39. The minimum Gasteiger partial charge on any atom is -0.472 e. The highest BCUT2D eigenvalue weighted by atomic mass is 19.4. The quantitative estimate of drug-likeness (QED) is 0.848. The lowest BCUT2D eigenvalue weighted by Gasteiger charge is -2.33. The molecule has 0 aliphatic carbocycles. The number of rotatable bonds is 2. The van der Waals surface area contributed by atoms with Gasteiger partial charge in [0, 0.05) is 6.54 Å². The summed E-state index contributed by atoms with van der Waals surface area (Å²) in [6.45, 7) is 1.05. The summed E-state index contributed by atoms with van der Waals surface area (Å²) in [5.74, 6) is -0.182. The fourth-order valence-electron chi connectivity index (χ4n) is 2.49. The molecule has 0 N–H and O–H groups in total. The number of morpholine rings is 1. The number of nitrogens with zero attached hydrogens (tertiary/aromatic N) is 1. The normalized spacial score (nSPS) is 18.9. The number of carbonyl (C=O) groups excluding carboxylic acids is 1. The Morgan fingerprint density at radius 3 is 2.52 bits per heavy atom. The van der Waals surface area contributed by atoms with E-state index in [0.717, 1.165) is 12.1 Å². The molecule has 1 atom stereocenters. The van der Waals surface area contributed by atoms with Crippen LogP contribution >= 0.6 is 0 Å². The van der Waals surface area contributed by atoms with Crippen LogP contribution in [-0.2, 0) is 10.9 Å². The van der Waals surface area contributed by atoms with Crippen LogP contribution in [-0.4, -0.2) is 30.5 Å². The lowest BCUT2D eigenvalue weighted by atomic mass is 10.0. The van der Waals surface area contributed by atoms with Gasteiger partial charge in [-0.25, -0.2) is 0 Å². The summed E-state index contributed by atoms with van der Waals surface area (Å²) in [5, 5.41) is 0. The molecule has 1 aromatic heterocycles. The van der Waals surface area contributed by atoms with E-state index in [9.17, 15) is 18.0 Å². The maximum absolute atomic E-state index is 12.6. The van der Waals surface area contributed by atoms with Crippen molar-refractivity contribution in [1.82, 2.24) is 4.90 Å². The van der Waals surface area contributed by atoms with E-state index >= 15 is 0 Å². The molecule has 1 aliphatic rings. The molecule has 0 saturated carbocycles. The van der Waals surface area contributed by atoms with Crippen molar-refractivity contribution < 1.29 is 27.1 Å². The van der Waals surface area contributed by atoms with E-state index in [0.29, 0.717) is 24.3 Å². The maximum atomic E-state index is 12.6. The Morgan fingerprint density at radius 1 is 1.17 bits per heavy atom. The molecule has 1 aromatic carbocycles. The molecule has 3 rings (SSSR count). The predicted molar refractivity (Wildman–Crippen MR) is 74.7 cm³/mol. The number of halogens is 3. The Balaban J connectivity index is 1.72. The first-order valence-electron chi connectivity index (χ1n) is 7.05. The van der Waals surface area contributed by atoms with E-state index in [2.05, 4.69) is 0 Å². The Morgan fingerprint density at radius 2 is 1.91 bits per heavy atom. The van der Waals surface area contributed by atoms with E-state index in [4.69, 9.17) is 9.15 Å². The van der Waals surface area contributed by atoms with E-state index in [1.807, 2.05) is 0 Å². The summed E-state index contributed by atoms with van der Waals surface area (Å²) >= 11 is 0. The number of alkyl halides is 3. The molecule has 1 aliphatic heterocycles. The molecule has 1 unspecified atom stereocenters. The van der Waals surface area contributed by atoms with Crippen LogP contribution in [0.3, 0.4) is 0 Å². The fourth-order valence-corrected chi connectivity index (χ4v) is 2.49. The van der Waals surface area contributed by atoms with Crippen molar-refractivity contribution in [3.63, 3.8) is 0 Å². The van der Waals surface area contributed by atoms with Crippen molar-refractivity contribution in [2.75, 3.05) is 19.7 Å². The largest absolute Gasteiger partial charge is 0.472 e. The second kappa shape index (κ2) is 6.08. The van der Waals surface area contributed by atoms with Gasteiger partial charge >= 0.3 is 6.18 Å². The molecule has 1 amide bonds. The monoisotopic (exact) mass is 325 g/mol. The predicted octanol–water partition coefficient (Wildman–Crippen LogP) is 3.51. The molecule has 4 nitrogen and oxygen atoms in total. The van der Waals surface area contributed by atoms with Crippen LogP contribution in [0.2, 0.25) is 0 Å². The van der Waals surface area contributed by atoms with E-state index < -0.39 is 17.8 Å². The van der Waals surface area contributed by atoms with Gasteiger partial charge in [-0.2, -0.15) is 13.2 Å². The van der Waals surface area contributed by atoms with Gasteiger partial charge in [-0.05, 0) is 23.8 Å². The van der Waals surface area contributed by atoms with Gasteiger partial charge in [0.25, 0.3) is 5.91 Å². The zero-order chi connectivity index (χ0) is 16.4. The highest BCUT2D eigenvalue weighted by Gasteiger charge is 2.31. The number of amides is 1. The second-order valence-corrected chi connectivity index (χ2v) is 5.24. The van der Waals surface area contributed by atoms with Gasteiger partial charge in [0.15, 0.2) is 0 Å². The van der Waals surface area contributed by atoms with Crippen molar-refractivity contribution in [2.45, 2.75) is 12.3 Å². The molecule has 1 fully saturated rings. The molecule has 0 radical (unpaired) electrons. The Kier molecular flexibility index (Phi) is 4.12. The highest BCUT2D eigenvalue weighted by Crippen LogP contribution is 2.31.